The van der Waals surface area contributed by atoms with Crippen LogP contribution in [0.2, 0.25) is 0 Å². The number of anilines is 2. The van der Waals surface area contributed by atoms with Crippen LogP contribution in [0, 0.1) is 6.92 Å². The monoisotopic (exact) mass is 345 g/mol. The van der Waals surface area contributed by atoms with E-state index in [9.17, 15) is 0 Å². The fourth-order valence-corrected chi connectivity index (χ4v) is 3.43. The summed E-state index contributed by atoms with van der Waals surface area (Å²) in [6, 6.07) is 5.80. The van der Waals surface area contributed by atoms with Gasteiger partial charge in [0.25, 0.3) is 0 Å². The van der Waals surface area contributed by atoms with Crippen LogP contribution in [-0.2, 0) is 0 Å². The van der Waals surface area contributed by atoms with E-state index in [1.807, 2.05) is 42.5 Å². The van der Waals surface area contributed by atoms with E-state index >= 15 is 0 Å². The molecule has 0 aliphatic rings. The van der Waals surface area contributed by atoms with Gasteiger partial charge in [0.05, 0.1) is 31.5 Å². The van der Waals surface area contributed by atoms with E-state index in [1.54, 1.807) is 32.7 Å². The normalized spacial score (nSPS) is 10.7. The molecule has 24 heavy (non-hydrogen) atoms. The van der Waals surface area contributed by atoms with Crippen LogP contribution < -0.4 is 19.1 Å². The lowest BCUT2D eigenvalue weighted by Crippen LogP contribution is -2.13. The number of hydrogen-bond acceptors (Lipinski definition) is 7. The summed E-state index contributed by atoms with van der Waals surface area (Å²) in [5, 5.41) is 2.02. The summed E-state index contributed by atoms with van der Waals surface area (Å²) in [5.74, 6) is 3.35. The van der Waals surface area contributed by atoms with Gasteiger partial charge in [-0.3, -0.25) is 0 Å². The number of hydrogen-bond donors (Lipinski definition) is 0. The third kappa shape index (κ3) is 2.71. The third-order valence-corrected chi connectivity index (χ3v) is 4.65. The van der Waals surface area contributed by atoms with Gasteiger partial charge in [-0.1, -0.05) is 0 Å². The Morgan fingerprint density at radius 2 is 1.67 bits per heavy atom. The molecule has 0 spiro atoms. The van der Waals surface area contributed by atoms with Crippen LogP contribution in [0.15, 0.2) is 23.6 Å². The number of nitrogens with zero attached hydrogens (tertiary/aromatic N) is 3. The summed E-state index contributed by atoms with van der Waals surface area (Å²) in [6.07, 6.45) is 0. The van der Waals surface area contributed by atoms with Crippen LogP contribution in [0.3, 0.4) is 0 Å². The molecule has 0 N–H and O–H groups in total. The van der Waals surface area contributed by atoms with Gasteiger partial charge in [-0.05, 0) is 18.4 Å². The maximum absolute atomic E-state index is 5.44. The fourth-order valence-electron chi connectivity index (χ4n) is 2.57. The second-order valence-corrected chi connectivity index (χ2v) is 6.09. The maximum atomic E-state index is 5.44. The van der Waals surface area contributed by atoms with Gasteiger partial charge in [-0.15, -0.1) is 11.3 Å². The lowest BCUT2D eigenvalue weighted by Gasteiger charge is -2.22. The number of fused-ring (bicyclic) bond motifs is 1. The van der Waals surface area contributed by atoms with Crippen LogP contribution in [0.25, 0.3) is 10.2 Å². The summed E-state index contributed by atoms with van der Waals surface area (Å²) in [5.41, 5.74) is 1.83. The van der Waals surface area contributed by atoms with Crippen molar-refractivity contribution in [2.75, 3.05) is 33.3 Å². The molecule has 3 aromatic rings. The highest BCUT2D eigenvalue weighted by atomic mass is 32.1. The number of benzene rings is 1. The van der Waals surface area contributed by atoms with Crippen LogP contribution >= 0.6 is 11.3 Å². The van der Waals surface area contributed by atoms with Gasteiger partial charge < -0.3 is 19.1 Å². The minimum atomic E-state index is 0.567. The molecule has 0 fully saturated rings. The van der Waals surface area contributed by atoms with Gasteiger partial charge >= 0.3 is 0 Å². The van der Waals surface area contributed by atoms with Gasteiger partial charge in [-0.25, -0.2) is 9.97 Å². The highest BCUT2D eigenvalue weighted by molar-refractivity contribution is 7.17. The van der Waals surface area contributed by atoms with Crippen LogP contribution in [0.5, 0.6) is 17.2 Å². The molecule has 0 aliphatic heterocycles. The van der Waals surface area contributed by atoms with Crippen molar-refractivity contribution < 1.29 is 14.2 Å². The van der Waals surface area contributed by atoms with Crippen molar-refractivity contribution in [1.82, 2.24) is 9.97 Å². The van der Waals surface area contributed by atoms with Crippen molar-refractivity contribution in [1.29, 1.82) is 0 Å². The molecule has 0 unspecified atom stereocenters. The Labute approximate surface area is 144 Å². The van der Waals surface area contributed by atoms with Gasteiger partial charge in [0.15, 0.2) is 17.3 Å². The molecule has 0 atom stereocenters. The van der Waals surface area contributed by atoms with E-state index in [4.69, 9.17) is 14.2 Å². The highest BCUT2D eigenvalue weighted by Gasteiger charge is 2.18. The molecule has 3 rings (SSSR count). The first-order valence-electron chi connectivity index (χ1n) is 7.34. The molecule has 0 radical (unpaired) electrons. The molecule has 0 saturated carbocycles. The Bertz CT molecular complexity index is 854. The molecule has 2 aromatic heterocycles. The number of rotatable bonds is 5. The number of methoxy groups -OCH3 is 3. The van der Waals surface area contributed by atoms with Gasteiger partial charge in [0, 0.05) is 24.9 Å². The molecule has 126 valence electrons. The molecular formula is C17H19N3O3S. The SMILES string of the molecule is COc1cc(N(C)c2nc(C)nc3ccsc23)cc(OC)c1OC. The molecular weight excluding hydrogens is 326 g/mol. The number of aryl methyl sites for hydroxylation is 1. The predicted molar refractivity (Wildman–Crippen MR) is 96.3 cm³/mol. The van der Waals surface area contributed by atoms with Gasteiger partial charge in [0.1, 0.15) is 5.82 Å². The fraction of sp³-hybridized carbons (Fsp3) is 0.294. The maximum Gasteiger partial charge on any atom is 0.203 e. The zero-order valence-corrected chi connectivity index (χ0v) is 15.1. The van der Waals surface area contributed by atoms with Crippen LogP contribution in [-0.4, -0.2) is 38.3 Å². The van der Waals surface area contributed by atoms with E-state index in [2.05, 4.69) is 9.97 Å². The molecule has 0 aliphatic carbocycles. The smallest absolute Gasteiger partial charge is 0.203 e. The Balaban J connectivity index is 2.15. The number of ether oxygens (including phenoxy) is 3. The average Bonchev–Trinajstić information content (AvgIpc) is 3.07. The second kappa shape index (κ2) is 6.52. The molecule has 6 nitrogen and oxygen atoms in total. The largest absolute Gasteiger partial charge is 0.493 e. The zero-order valence-electron chi connectivity index (χ0n) is 14.3. The first-order chi connectivity index (χ1) is 11.6. The Hall–Kier alpha value is -2.54. The topological polar surface area (TPSA) is 56.7 Å². The molecule has 0 saturated heterocycles. The first-order valence-corrected chi connectivity index (χ1v) is 8.22. The van der Waals surface area contributed by atoms with E-state index < -0.39 is 0 Å². The zero-order chi connectivity index (χ0) is 17.3. The Kier molecular flexibility index (Phi) is 4.44. The predicted octanol–water partition coefficient (Wildman–Crippen LogP) is 3.79. The van der Waals surface area contributed by atoms with Crippen molar-refractivity contribution in [3.63, 3.8) is 0 Å². The summed E-state index contributed by atoms with van der Waals surface area (Å²) in [4.78, 5) is 11.1. The lowest BCUT2D eigenvalue weighted by atomic mass is 10.2. The summed E-state index contributed by atoms with van der Waals surface area (Å²) in [6.45, 7) is 1.89. The Morgan fingerprint density at radius 1 is 1.00 bits per heavy atom. The van der Waals surface area contributed by atoms with E-state index in [-0.39, 0.29) is 0 Å². The number of thiophene rings is 1. The van der Waals surface area contributed by atoms with Crippen LogP contribution in [0.4, 0.5) is 11.5 Å². The van der Waals surface area contributed by atoms with Crippen molar-refractivity contribution >= 4 is 33.1 Å². The van der Waals surface area contributed by atoms with Gasteiger partial charge in [0.2, 0.25) is 5.75 Å². The summed E-state index contributed by atoms with van der Waals surface area (Å²) >= 11 is 1.62. The molecule has 7 heteroatoms. The second-order valence-electron chi connectivity index (χ2n) is 5.17. The van der Waals surface area contributed by atoms with Crippen LogP contribution in [0.1, 0.15) is 5.82 Å². The van der Waals surface area contributed by atoms with Crippen molar-refractivity contribution in [3.05, 3.63) is 29.4 Å². The molecule has 0 bridgehead atoms. The first kappa shape index (κ1) is 16.3. The molecule has 2 heterocycles. The van der Waals surface area contributed by atoms with E-state index in [0.29, 0.717) is 17.2 Å². The standard InChI is InChI=1S/C17H19N3O3S/c1-10-18-12-6-7-24-16(12)17(19-10)20(2)11-8-13(21-3)15(23-5)14(9-11)22-4/h6-9H,1-5H3. The van der Waals surface area contributed by atoms with Crippen molar-refractivity contribution in [3.8, 4) is 17.2 Å². The summed E-state index contributed by atoms with van der Waals surface area (Å²) in [7, 11) is 6.76. The highest BCUT2D eigenvalue weighted by Crippen LogP contribution is 2.42. The van der Waals surface area contributed by atoms with E-state index in [0.717, 1.165) is 27.5 Å². The quantitative estimate of drug-likeness (QED) is 0.701. The minimum Gasteiger partial charge on any atom is -0.493 e. The van der Waals surface area contributed by atoms with Gasteiger partial charge in [-0.2, -0.15) is 0 Å². The van der Waals surface area contributed by atoms with Crippen molar-refractivity contribution in [2.24, 2.45) is 0 Å². The molecule has 0 amide bonds. The summed E-state index contributed by atoms with van der Waals surface area (Å²) < 4.78 is 17.3. The lowest BCUT2D eigenvalue weighted by molar-refractivity contribution is 0.324. The Morgan fingerprint density at radius 3 is 2.25 bits per heavy atom. The number of aromatic nitrogens is 2. The minimum absolute atomic E-state index is 0.567. The van der Waals surface area contributed by atoms with E-state index in [1.165, 1.54) is 0 Å². The molecule has 1 aromatic carbocycles. The van der Waals surface area contributed by atoms with Crippen molar-refractivity contribution in [2.45, 2.75) is 6.92 Å². The average molecular weight is 345 g/mol. The third-order valence-electron chi connectivity index (χ3n) is 3.75.